The number of nitrogens with zero attached hydrogens (tertiary/aromatic N) is 4. The monoisotopic (exact) mass is 471 g/mol. The molecule has 0 unspecified atom stereocenters. The number of hydrogen-bond donors (Lipinski definition) is 1. The molecule has 3 heterocycles. The van der Waals surface area contributed by atoms with Crippen LogP contribution in [0.1, 0.15) is 36.5 Å². The van der Waals surface area contributed by atoms with E-state index in [1.54, 1.807) is 6.20 Å². The Morgan fingerprint density at radius 2 is 1.97 bits per heavy atom. The van der Waals surface area contributed by atoms with E-state index in [0.717, 1.165) is 42.2 Å². The van der Waals surface area contributed by atoms with E-state index in [2.05, 4.69) is 58.9 Å². The van der Waals surface area contributed by atoms with Gasteiger partial charge in [-0.15, -0.1) is 0 Å². The van der Waals surface area contributed by atoms with Crippen molar-refractivity contribution in [3.8, 4) is 0 Å². The lowest BCUT2D eigenvalue weighted by Gasteiger charge is -2.22. The predicted molar refractivity (Wildman–Crippen MR) is 140 cm³/mol. The van der Waals surface area contributed by atoms with Gasteiger partial charge in [0.15, 0.2) is 0 Å². The van der Waals surface area contributed by atoms with E-state index in [9.17, 15) is 9.59 Å². The van der Waals surface area contributed by atoms with Gasteiger partial charge in [-0.2, -0.15) is 5.10 Å². The number of carbonyl (C=O) groups excluding carboxylic acids is 1. The summed E-state index contributed by atoms with van der Waals surface area (Å²) < 4.78 is 3.37. The van der Waals surface area contributed by atoms with Crippen molar-refractivity contribution >= 4 is 27.7 Å². The maximum Gasteiger partial charge on any atom is 0.291 e. The molecule has 2 aromatic carbocycles. The molecule has 1 saturated heterocycles. The molecule has 1 N–H and O–H groups in total. The number of para-hydroxylation sites is 1. The van der Waals surface area contributed by atoms with Crippen LogP contribution in [0.4, 0.5) is 0 Å². The standard InChI is InChI=1S/C28H33N5O2/c1-4-31-13-7-8-22(31)15-29-26(34)18-33-28(35)27-24(16-30-33)23-9-5-6-10-25(23)32(27)17-21-14-19(2)11-12-20(21)3/h5-6,9-12,14,16,22H,4,7-8,13,15,17-18H2,1-3H3,(H,29,34)/t22-/m1/s1. The predicted octanol–water partition coefficient (Wildman–Crippen LogP) is 3.62. The fourth-order valence-electron chi connectivity index (χ4n) is 5.38. The van der Waals surface area contributed by atoms with Gasteiger partial charge in [-0.1, -0.05) is 48.9 Å². The van der Waals surface area contributed by atoms with E-state index in [4.69, 9.17) is 0 Å². The Labute approximate surface area is 205 Å². The molecule has 182 valence electrons. The maximum absolute atomic E-state index is 13.6. The highest BCUT2D eigenvalue weighted by atomic mass is 16.2. The van der Waals surface area contributed by atoms with Crippen LogP contribution in [-0.4, -0.2) is 50.8 Å². The first-order valence-corrected chi connectivity index (χ1v) is 12.5. The fraction of sp³-hybridized carbons (Fsp3) is 0.393. The number of hydrogen-bond acceptors (Lipinski definition) is 4. The summed E-state index contributed by atoms with van der Waals surface area (Å²) >= 11 is 0. The molecule has 1 atom stereocenters. The van der Waals surface area contributed by atoms with Crippen molar-refractivity contribution in [2.45, 2.75) is 52.7 Å². The Balaban J connectivity index is 1.48. The lowest BCUT2D eigenvalue weighted by Crippen LogP contribution is -2.42. The molecule has 7 heteroatoms. The van der Waals surface area contributed by atoms with Crippen molar-refractivity contribution in [3.63, 3.8) is 0 Å². The van der Waals surface area contributed by atoms with E-state index in [-0.39, 0.29) is 18.0 Å². The SMILES string of the molecule is CCN1CCC[C@@H]1CNC(=O)Cn1ncc2c3ccccc3n(Cc3cc(C)ccc3C)c2c1=O. The molecule has 0 radical (unpaired) electrons. The Morgan fingerprint density at radius 3 is 2.80 bits per heavy atom. The van der Waals surface area contributed by atoms with Crippen LogP contribution < -0.4 is 10.9 Å². The quantitative estimate of drug-likeness (QED) is 0.447. The molecule has 7 nitrogen and oxygen atoms in total. The van der Waals surface area contributed by atoms with Crippen molar-refractivity contribution in [2.24, 2.45) is 0 Å². The number of benzene rings is 2. The van der Waals surface area contributed by atoms with E-state index >= 15 is 0 Å². The molecule has 0 aliphatic carbocycles. The van der Waals surface area contributed by atoms with Gasteiger partial charge in [0, 0.05) is 35.4 Å². The Bertz CT molecular complexity index is 1450. The number of likely N-dealkylation sites (tertiary alicyclic amines) is 1. The Kier molecular flexibility index (Phi) is 6.43. The molecule has 5 rings (SSSR count). The lowest BCUT2D eigenvalue weighted by molar-refractivity contribution is -0.122. The summed E-state index contributed by atoms with van der Waals surface area (Å²) in [5.74, 6) is -0.181. The zero-order chi connectivity index (χ0) is 24.5. The fourth-order valence-corrected chi connectivity index (χ4v) is 5.38. The van der Waals surface area contributed by atoms with Crippen LogP contribution in [0.3, 0.4) is 0 Å². The van der Waals surface area contributed by atoms with Gasteiger partial charge in [0.25, 0.3) is 5.56 Å². The number of aromatic nitrogens is 3. The van der Waals surface area contributed by atoms with Gasteiger partial charge in [-0.3, -0.25) is 14.5 Å². The third-order valence-electron chi connectivity index (χ3n) is 7.34. The first-order valence-electron chi connectivity index (χ1n) is 12.5. The van der Waals surface area contributed by atoms with Crippen LogP contribution >= 0.6 is 0 Å². The summed E-state index contributed by atoms with van der Waals surface area (Å²) in [6, 6.07) is 14.8. The molecule has 1 aliphatic rings. The zero-order valence-corrected chi connectivity index (χ0v) is 20.8. The van der Waals surface area contributed by atoms with Crippen LogP contribution in [0.2, 0.25) is 0 Å². The molecule has 1 amide bonds. The Hall–Kier alpha value is -3.45. The van der Waals surface area contributed by atoms with Gasteiger partial charge in [0.2, 0.25) is 5.91 Å². The van der Waals surface area contributed by atoms with Gasteiger partial charge in [-0.25, -0.2) is 4.68 Å². The number of carbonyl (C=O) groups is 1. The van der Waals surface area contributed by atoms with Crippen molar-refractivity contribution in [2.75, 3.05) is 19.6 Å². The van der Waals surface area contributed by atoms with E-state index in [0.29, 0.717) is 24.6 Å². The molecular formula is C28H33N5O2. The number of fused-ring (bicyclic) bond motifs is 3. The van der Waals surface area contributed by atoms with Crippen LogP contribution in [0.25, 0.3) is 21.8 Å². The smallest absolute Gasteiger partial charge is 0.291 e. The molecular weight excluding hydrogens is 438 g/mol. The van der Waals surface area contributed by atoms with Gasteiger partial charge in [-0.05, 0) is 57.0 Å². The minimum absolute atomic E-state index is 0.0847. The number of aryl methyl sites for hydroxylation is 2. The van der Waals surface area contributed by atoms with Gasteiger partial charge >= 0.3 is 0 Å². The molecule has 1 fully saturated rings. The molecule has 0 saturated carbocycles. The van der Waals surface area contributed by atoms with Crippen molar-refractivity contribution < 1.29 is 4.79 Å². The minimum Gasteiger partial charge on any atom is -0.353 e. The number of likely N-dealkylation sites (N-methyl/N-ethyl adjacent to an activating group) is 1. The average Bonchev–Trinajstić information content (AvgIpc) is 3.44. The molecule has 4 aromatic rings. The van der Waals surface area contributed by atoms with Crippen LogP contribution in [-0.2, 0) is 17.9 Å². The number of rotatable bonds is 7. The van der Waals surface area contributed by atoms with Gasteiger partial charge in [0.05, 0.1) is 6.20 Å². The summed E-state index contributed by atoms with van der Waals surface area (Å²) in [6.07, 6.45) is 3.98. The first kappa shape index (κ1) is 23.3. The Morgan fingerprint density at radius 1 is 1.14 bits per heavy atom. The highest BCUT2D eigenvalue weighted by Crippen LogP contribution is 2.28. The van der Waals surface area contributed by atoms with E-state index in [1.165, 1.54) is 21.4 Å². The van der Waals surface area contributed by atoms with Gasteiger partial charge < -0.3 is 9.88 Å². The summed E-state index contributed by atoms with van der Waals surface area (Å²) in [4.78, 5) is 28.8. The topological polar surface area (TPSA) is 72.2 Å². The summed E-state index contributed by atoms with van der Waals surface area (Å²) in [6.45, 7) is 9.50. The normalized spacial score (nSPS) is 16.4. The largest absolute Gasteiger partial charge is 0.353 e. The summed E-state index contributed by atoms with van der Waals surface area (Å²) in [5.41, 5.74) is 4.88. The average molecular weight is 472 g/mol. The second-order valence-corrected chi connectivity index (χ2v) is 9.63. The molecule has 0 bridgehead atoms. The zero-order valence-electron chi connectivity index (χ0n) is 20.8. The van der Waals surface area contributed by atoms with E-state index < -0.39 is 0 Å². The molecule has 2 aromatic heterocycles. The highest BCUT2D eigenvalue weighted by molar-refractivity contribution is 6.07. The second kappa shape index (κ2) is 9.66. The van der Waals surface area contributed by atoms with Crippen molar-refractivity contribution in [1.29, 1.82) is 0 Å². The molecule has 35 heavy (non-hydrogen) atoms. The third kappa shape index (κ3) is 4.48. The third-order valence-corrected chi connectivity index (χ3v) is 7.34. The molecule has 1 aliphatic heterocycles. The van der Waals surface area contributed by atoms with Crippen LogP contribution in [0.15, 0.2) is 53.5 Å². The maximum atomic E-state index is 13.6. The molecule has 0 spiro atoms. The number of nitrogens with one attached hydrogen (secondary N) is 1. The van der Waals surface area contributed by atoms with E-state index in [1.807, 2.05) is 24.3 Å². The van der Waals surface area contributed by atoms with Crippen LogP contribution in [0, 0.1) is 13.8 Å². The minimum atomic E-state index is -0.241. The van der Waals surface area contributed by atoms with Crippen molar-refractivity contribution in [3.05, 3.63) is 75.7 Å². The number of amides is 1. The highest BCUT2D eigenvalue weighted by Gasteiger charge is 2.23. The summed E-state index contributed by atoms with van der Waals surface area (Å²) in [5, 5.41) is 9.21. The first-order chi connectivity index (χ1) is 17.0. The van der Waals surface area contributed by atoms with Gasteiger partial charge in [0.1, 0.15) is 12.1 Å². The lowest BCUT2D eigenvalue weighted by atomic mass is 10.1. The second-order valence-electron chi connectivity index (χ2n) is 9.63. The van der Waals surface area contributed by atoms with Crippen molar-refractivity contribution in [1.82, 2.24) is 24.6 Å². The summed E-state index contributed by atoms with van der Waals surface area (Å²) in [7, 11) is 0. The van der Waals surface area contributed by atoms with Crippen LogP contribution in [0.5, 0.6) is 0 Å².